The largest absolute Gasteiger partial charge is 0.504 e. The number of nitrogens with one attached hydrogen (secondary N) is 1. The third-order valence-electron chi connectivity index (χ3n) is 1.92. The minimum absolute atomic E-state index is 0.151. The average Bonchev–Trinajstić information content (AvgIpc) is 2.46. The third-order valence-corrected chi connectivity index (χ3v) is 2.11. The lowest BCUT2D eigenvalue weighted by atomic mass is 10.1. The fraction of sp³-hybridized carbons (Fsp3) is 0. The standard InChI is InChI=1S/C9H7ClN2O2/c10-6-3-4-1-2-5(9(11)12)7(13)8(4)14-6/h1-3,13H,(H3,11,12). The highest BCUT2D eigenvalue weighted by Crippen LogP contribution is 2.32. The molecule has 0 fully saturated rings. The molecular formula is C9H7ClN2O2. The molecule has 0 aliphatic rings. The van der Waals surface area contributed by atoms with Gasteiger partial charge < -0.3 is 15.3 Å². The lowest BCUT2D eigenvalue weighted by molar-refractivity contribution is 0.464. The van der Waals surface area contributed by atoms with Crippen molar-refractivity contribution in [1.29, 1.82) is 5.41 Å². The van der Waals surface area contributed by atoms with Crippen molar-refractivity contribution in [3.05, 3.63) is 29.0 Å². The van der Waals surface area contributed by atoms with Crippen LogP contribution in [0.25, 0.3) is 11.0 Å². The maximum absolute atomic E-state index is 9.66. The number of hydrogen-bond acceptors (Lipinski definition) is 3. The summed E-state index contributed by atoms with van der Waals surface area (Å²) in [5, 5.41) is 17.7. The Hall–Kier alpha value is -1.68. The van der Waals surface area contributed by atoms with Gasteiger partial charge in [-0.05, 0) is 17.7 Å². The van der Waals surface area contributed by atoms with Crippen LogP contribution in [0.1, 0.15) is 5.56 Å². The number of phenols is 1. The smallest absolute Gasteiger partial charge is 0.194 e. The summed E-state index contributed by atoms with van der Waals surface area (Å²) < 4.78 is 5.05. The van der Waals surface area contributed by atoms with Crippen molar-refractivity contribution in [2.45, 2.75) is 0 Å². The summed E-state index contributed by atoms with van der Waals surface area (Å²) in [6.07, 6.45) is 0. The molecule has 5 heteroatoms. The number of amidine groups is 1. The van der Waals surface area contributed by atoms with E-state index in [0.29, 0.717) is 5.39 Å². The summed E-state index contributed by atoms with van der Waals surface area (Å²) in [5.74, 6) is -0.362. The Bertz CT molecular complexity index is 519. The zero-order valence-electron chi connectivity index (χ0n) is 7.04. The fourth-order valence-corrected chi connectivity index (χ4v) is 1.47. The molecule has 2 aromatic rings. The van der Waals surface area contributed by atoms with Gasteiger partial charge in [0.25, 0.3) is 0 Å². The van der Waals surface area contributed by atoms with Crippen LogP contribution in [0.2, 0.25) is 5.22 Å². The van der Waals surface area contributed by atoms with Crippen LogP contribution in [-0.2, 0) is 0 Å². The first-order valence-electron chi connectivity index (χ1n) is 3.85. The molecule has 0 spiro atoms. The molecule has 1 aromatic heterocycles. The molecule has 0 aliphatic heterocycles. The van der Waals surface area contributed by atoms with Crippen LogP contribution in [0.5, 0.6) is 5.75 Å². The summed E-state index contributed by atoms with van der Waals surface area (Å²) in [6.45, 7) is 0. The van der Waals surface area contributed by atoms with Gasteiger partial charge in [-0.1, -0.05) is 6.07 Å². The molecule has 1 heterocycles. The summed E-state index contributed by atoms with van der Waals surface area (Å²) in [6, 6.07) is 4.81. The first kappa shape index (κ1) is 8.90. The zero-order chi connectivity index (χ0) is 10.3. The van der Waals surface area contributed by atoms with Crippen molar-refractivity contribution in [3.8, 4) is 5.75 Å². The Balaban J connectivity index is 2.80. The summed E-state index contributed by atoms with van der Waals surface area (Å²) >= 11 is 5.62. The number of benzene rings is 1. The molecule has 0 bridgehead atoms. The number of fused-ring (bicyclic) bond motifs is 1. The molecule has 0 aliphatic carbocycles. The van der Waals surface area contributed by atoms with Crippen LogP contribution in [0.3, 0.4) is 0 Å². The molecule has 0 saturated heterocycles. The highest BCUT2D eigenvalue weighted by atomic mass is 35.5. The molecule has 0 saturated carbocycles. The van der Waals surface area contributed by atoms with E-state index in [2.05, 4.69) is 0 Å². The SMILES string of the molecule is N=C(N)c1ccc2cc(Cl)oc2c1O. The number of nitrogen functional groups attached to an aromatic ring is 1. The highest BCUT2D eigenvalue weighted by molar-refractivity contribution is 6.29. The first-order chi connectivity index (χ1) is 6.59. The van der Waals surface area contributed by atoms with Crippen LogP contribution < -0.4 is 5.73 Å². The van der Waals surface area contributed by atoms with E-state index in [1.54, 1.807) is 18.2 Å². The van der Waals surface area contributed by atoms with Crippen LogP contribution >= 0.6 is 11.6 Å². The van der Waals surface area contributed by atoms with E-state index in [0.717, 1.165) is 0 Å². The van der Waals surface area contributed by atoms with Gasteiger partial charge in [0, 0.05) is 11.5 Å². The Labute approximate surface area is 84.4 Å². The lowest BCUT2D eigenvalue weighted by Gasteiger charge is -2.01. The monoisotopic (exact) mass is 210 g/mol. The van der Waals surface area contributed by atoms with E-state index in [4.69, 9.17) is 27.2 Å². The summed E-state index contributed by atoms with van der Waals surface area (Å²) in [5.41, 5.74) is 5.75. The van der Waals surface area contributed by atoms with Crippen molar-refractivity contribution >= 4 is 28.4 Å². The van der Waals surface area contributed by atoms with Gasteiger partial charge in [-0.15, -0.1) is 0 Å². The number of aromatic hydroxyl groups is 1. The maximum atomic E-state index is 9.66. The Kier molecular flexibility index (Phi) is 1.86. The molecule has 0 radical (unpaired) electrons. The van der Waals surface area contributed by atoms with E-state index in [9.17, 15) is 5.11 Å². The number of phenolic OH excluding ortho intramolecular Hbond substituents is 1. The van der Waals surface area contributed by atoms with Gasteiger partial charge in [0.15, 0.2) is 16.6 Å². The molecule has 2 rings (SSSR count). The number of nitrogens with two attached hydrogens (primary N) is 1. The van der Waals surface area contributed by atoms with Gasteiger partial charge in [0.05, 0.1) is 5.56 Å². The fourth-order valence-electron chi connectivity index (χ4n) is 1.27. The molecular weight excluding hydrogens is 204 g/mol. The van der Waals surface area contributed by atoms with Gasteiger partial charge >= 0.3 is 0 Å². The number of rotatable bonds is 1. The minimum atomic E-state index is -0.211. The minimum Gasteiger partial charge on any atom is -0.504 e. The van der Waals surface area contributed by atoms with Gasteiger partial charge in [-0.25, -0.2) is 0 Å². The van der Waals surface area contributed by atoms with Gasteiger partial charge in [0.1, 0.15) is 5.84 Å². The van der Waals surface area contributed by atoms with Crippen molar-refractivity contribution in [3.63, 3.8) is 0 Å². The lowest BCUT2D eigenvalue weighted by Crippen LogP contribution is -2.10. The molecule has 4 N–H and O–H groups in total. The second-order valence-electron chi connectivity index (χ2n) is 2.84. The Morgan fingerprint density at radius 1 is 1.50 bits per heavy atom. The number of hydrogen-bond donors (Lipinski definition) is 3. The van der Waals surface area contributed by atoms with Crippen LogP contribution in [0.15, 0.2) is 22.6 Å². The Morgan fingerprint density at radius 3 is 2.86 bits per heavy atom. The third kappa shape index (κ3) is 1.20. The van der Waals surface area contributed by atoms with Crippen molar-refractivity contribution < 1.29 is 9.52 Å². The van der Waals surface area contributed by atoms with Crippen LogP contribution in [-0.4, -0.2) is 10.9 Å². The first-order valence-corrected chi connectivity index (χ1v) is 4.23. The van der Waals surface area contributed by atoms with E-state index < -0.39 is 0 Å². The van der Waals surface area contributed by atoms with Gasteiger partial charge in [0.2, 0.25) is 0 Å². The average molecular weight is 211 g/mol. The summed E-state index contributed by atoms with van der Waals surface area (Å²) in [4.78, 5) is 0. The number of halogens is 1. The normalized spacial score (nSPS) is 10.6. The molecule has 14 heavy (non-hydrogen) atoms. The van der Waals surface area contributed by atoms with E-state index in [1.807, 2.05) is 0 Å². The van der Waals surface area contributed by atoms with E-state index in [-0.39, 0.29) is 28.0 Å². The number of furan rings is 1. The molecule has 1 aromatic carbocycles. The molecule has 4 nitrogen and oxygen atoms in total. The van der Waals surface area contributed by atoms with Crippen LogP contribution in [0, 0.1) is 5.41 Å². The van der Waals surface area contributed by atoms with Crippen LogP contribution in [0.4, 0.5) is 0 Å². The second-order valence-corrected chi connectivity index (χ2v) is 3.22. The van der Waals surface area contributed by atoms with Gasteiger partial charge in [-0.3, -0.25) is 5.41 Å². The molecule has 0 unspecified atom stereocenters. The zero-order valence-corrected chi connectivity index (χ0v) is 7.80. The predicted molar refractivity (Wildman–Crippen MR) is 53.9 cm³/mol. The van der Waals surface area contributed by atoms with Gasteiger partial charge in [-0.2, -0.15) is 0 Å². The quantitative estimate of drug-likeness (QED) is 0.498. The van der Waals surface area contributed by atoms with Crippen molar-refractivity contribution in [1.82, 2.24) is 0 Å². The predicted octanol–water partition coefficient (Wildman–Crippen LogP) is 2.08. The Morgan fingerprint density at radius 2 is 2.21 bits per heavy atom. The van der Waals surface area contributed by atoms with E-state index in [1.165, 1.54) is 0 Å². The second kappa shape index (κ2) is 2.92. The molecule has 0 amide bonds. The molecule has 72 valence electrons. The summed E-state index contributed by atoms with van der Waals surface area (Å²) in [7, 11) is 0. The van der Waals surface area contributed by atoms with Crippen molar-refractivity contribution in [2.75, 3.05) is 0 Å². The maximum Gasteiger partial charge on any atom is 0.194 e. The topological polar surface area (TPSA) is 83.2 Å². The van der Waals surface area contributed by atoms with Crippen molar-refractivity contribution in [2.24, 2.45) is 5.73 Å². The molecule has 0 atom stereocenters. The van der Waals surface area contributed by atoms with E-state index >= 15 is 0 Å². The highest BCUT2D eigenvalue weighted by Gasteiger charge is 2.12.